The molecule has 0 N–H and O–H groups in total. The molecule has 160 valence electrons. The standard InChI is InChI=1S/C25H26N2O3S/c1-30-23-14-15-24(25(18-23)31(28,29)27-16-6-3-7-17-27)26-19-20-10-12-22(13-11-20)21-8-4-2-5-9-21/h2,4-5,8-15,18-19H,3,6-7,16-17H2,1H3. The average molecular weight is 435 g/mol. The van der Waals surface area contributed by atoms with Crippen molar-refractivity contribution in [3.8, 4) is 16.9 Å². The number of sulfonamides is 1. The third-order valence-electron chi connectivity index (χ3n) is 5.47. The molecular weight excluding hydrogens is 408 g/mol. The molecule has 6 heteroatoms. The second kappa shape index (κ2) is 9.45. The highest BCUT2D eigenvalue weighted by atomic mass is 32.2. The van der Waals surface area contributed by atoms with Crippen molar-refractivity contribution < 1.29 is 13.2 Å². The molecule has 31 heavy (non-hydrogen) atoms. The maximum Gasteiger partial charge on any atom is 0.245 e. The van der Waals surface area contributed by atoms with Gasteiger partial charge in [0.2, 0.25) is 10.0 Å². The molecule has 4 rings (SSSR count). The van der Waals surface area contributed by atoms with Crippen LogP contribution in [0.2, 0.25) is 0 Å². The number of hydrogen-bond donors (Lipinski definition) is 0. The maximum atomic E-state index is 13.3. The zero-order valence-corrected chi connectivity index (χ0v) is 18.4. The van der Waals surface area contributed by atoms with Gasteiger partial charge in [0.05, 0.1) is 12.8 Å². The molecule has 0 aliphatic carbocycles. The van der Waals surface area contributed by atoms with Crippen LogP contribution in [0.1, 0.15) is 24.8 Å². The van der Waals surface area contributed by atoms with Crippen LogP contribution in [0.5, 0.6) is 5.75 Å². The van der Waals surface area contributed by atoms with Gasteiger partial charge in [0.1, 0.15) is 10.6 Å². The van der Waals surface area contributed by atoms with Crippen LogP contribution in [0, 0.1) is 0 Å². The lowest BCUT2D eigenvalue weighted by atomic mass is 10.0. The van der Waals surface area contributed by atoms with Crippen LogP contribution < -0.4 is 4.74 Å². The van der Waals surface area contributed by atoms with Gasteiger partial charge in [-0.1, -0.05) is 61.0 Å². The molecule has 1 aliphatic heterocycles. The molecule has 0 radical (unpaired) electrons. The number of ether oxygens (including phenoxy) is 1. The van der Waals surface area contributed by atoms with Gasteiger partial charge in [-0.15, -0.1) is 0 Å². The SMILES string of the molecule is COc1ccc(N=Cc2ccc(-c3ccccc3)cc2)c(S(=O)(=O)N2CCCCC2)c1. The Labute approximate surface area is 184 Å². The lowest BCUT2D eigenvalue weighted by Gasteiger charge is -2.26. The molecule has 0 aromatic heterocycles. The molecule has 1 fully saturated rings. The van der Waals surface area contributed by atoms with E-state index in [1.165, 1.54) is 7.11 Å². The van der Waals surface area contributed by atoms with Crippen LogP contribution >= 0.6 is 0 Å². The van der Waals surface area contributed by atoms with Gasteiger partial charge in [-0.2, -0.15) is 4.31 Å². The maximum absolute atomic E-state index is 13.3. The molecular formula is C25H26N2O3S. The highest BCUT2D eigenvalue weighted by Gasteiger charge is 2.28. The summed E-state index contributed by atoms with van der Waals surface area (Å²) in [5, 5.41) is 0. The van der Waals surface area contributed by atoms with Crippen molar-refractivity contribution in [3.63, 3.8) is 0 Å². The third kappa shape index (κ3) is 4.86. The van der Waals surface area contributed by atoms with Crippen molar-refractivity contribution >= 4 is 21.9 Å². The Morgan fingerprint density at radius 2 is 1.55 bits per heavy atom. The van der Waals surface area contributed by atoms with Crippen molar-refractivity contribution in [2.45, 2.75) is 24.2 Å². The predicted octanol–water partition coefficient (Wildman–Crippen LogP) is 5.29. The summed E-state index contributed by atoms with van der Waals surface area (Å²) in [6, 6.07) is 23.2. The minimum Gasteiger partial charge on any atom is -0.497 e. The fourth-order valence-corrected chi connectivity index (χ4v) is 5.38. The van der Waals surface area contributed by atoms with Gasteiger partial charge in [-0.25, -0.2) is 8.42 Å². The number of benzene rings is 3. The van der Waals surface area contributed by atoms with Crippen molar-refractivity contribution in [1.29, 1.82) is 0 Å². The van der Waals surface area contributed by atoms with Gasteiger partial charge in [-0.05, 0) is 41.7 Å². The van der Waals surface area contributed by atoms with Crippen molar-refractivity contribution in [3.05, 3.63) is 78.4 Å². The summed E-state index contributed by atoms with van der Waals surface area (Å²) in [5.74, 6) is 0.502. The van der Waals surface area contributed by atoms with Crippen molar-refractivity contribution in [2.75, 3.05) is 20.2 Å². The van der Waals surface area contributed by atoms with E-state index in [0.29, 0.717) is 24.5 Å². The summed E-state index contributed by atoms with van der Waals surface area (Å²) >= 11 is 0. The Hall–Kier alpha value is -2.96. The molecule has 1 aliphatic rings. The first kappa shape index (κ1) is 21.3. The van der Waals surface area contributed by atoms with E-state index in [1.54, 1.807) is 28.7 Å². The summed E-state index contributed by atoms with van der Waals surface area (Å²) in [7, 11) is -2.10. The lowest BCUT2D eigenvalue weighted by molar-refractivity contribution is 0.346. The normalized spacial score (nSPS) is 15.3. The zero-order valence-electron chi connectivity index (χ0n) is 17.6. The molecule has 0 spiro atoms. The highest BCUT2D eigenvalue weighted by molar-refractivity contribution is 7.89. The minimum atomic E-state index is -3.63. The van der Waals surface area contributed by atoms with Crippen LogP contribution in [0.4, 0.5) is 5.69 Å². The fraction of sp³-hybridized carbons (Fsp3) is 0.240. The zero-order chi connectivity index (χ0) is 21.7. The van der Waals surface area contributed by atoms with E-state index < -0.39 is 10.0 Å². The van der Waals surface area contributed by atoms with E-state index in [9.17, 15) is 8.42 Å². The van der Waals surface area contributed by atoms with E-state index in [4.69, 9.17) is 4.74 Å². The fourth-order valence-electron chi connectivity index (χ4n) is 3.72. The second-order valence-corrected chi connectivity index (χ2v) is 9.45. The largest absolute Gasteiger partial charge is 0.497 e. The number of aliphatic imine (C=N–C) groups is 1. The number of hydrogen-bond acceptors (Lipinski definition) is 4. The summed E-state index contributed by atoms with van der Waals surface area (Å²) in [4.78, 5) is 4.72. The van der Waals surface area contributed by atoms with Gasteiger partial charge in [0.25, 0.3) is 0 Å². The smallest absolute Gasteiger partial charge is 0.245 e. The first-order chi connectivity index (χ1) is 15.1. The molecule has 5 nitrogen and oxygen atoms in total. The summed E-state index contributed by atoms with van der Waals surface area (Å²) < 4.78 is 33.4. The molecule has 0 saturated carbocycles. The van der Waals surface area contributed by atoms with Gasteiger partial charge in [0, 0.05) is 25.4 Å². The molecule has 0 amide bonds. The van der Waals surface area contributed by atoms with Gasteiger partial charge < -0.3 is 4.74 Å². The predicted molar refractivity (Wildman–Crippen MR) is 125 cm³/mol. The van der Waals surface area contributed by atoms with Crippen LogP contribution in [0.15, 0.2) is 82.7 Å². The van der Waals surface area contributed by atoms with Gasteiger partial charge in [0.15, 0.2) is 0 Å². The molecule has 3 aromatic rings. The van der Waals surface area contributed by atoms with Crippen molar-refractivity contribution in [2.24, 2.45) is 4.99 Å². The summed E-state index contributed by atoms with van der Waals surface area (Å²) in [6.45, 7) is 1.09. The molecule has 0 unspecified atom stereocenters. The second-order valence-electron chi connectivity index (χ2n) is 7.54. The topological polar surface area (TPSA) is 59.0 Å². The van der Waals surface area contributed by atoms with Crippen molar-refractivity contribution in [1.82, 2.24) is 4.31 Å². The van der Waals surface area contributed by atoms with E-state index in [2.05, 4.69) is 17.1 Å². The van der Waals surface area contributed by atoms with E-state index in [0.717, 1.165) is 36.0 Å². The van der Waals surface area contributed by atoms with E-state index >= 15 is 0 Å². The molecule has 3 aromatic carbocycles. The van der Waals surface area contributed by atoms with Gasteiger partial charge >= 0.3 is 0 Å². The first-order valence-corrected chi connectivity index (χ1v) is 11.9. The average Bonchev–Trinajstić information content (AvgIpc) is 2.84. The molecule has 0 bridgehead atoms. The Kier molecular flexibility index (Phi) is 6.49. The van der Waals surface area contributed by atoms with Crippen LogP contribution in [0.3, 0.4) is 0 Å². The molecule has 0 atom stereocenters. The number of methoxy groups -OCH3 is 1. The monoisotopic (exact) mass is 434 g/mol. The Morgan fingerprint density at radius 1 is 0.871 bits per heavy atom. The Balaban J connectivity index is 1.63. The lowest BCUT2D eigenvalue weighted by Crippen LogP contribution is -2.35. The number of piperidine rings is 1. The number of rotatable bonds is 6. The minimum absolute atomic E-state index is 0.186. The van der Waals surface area contributed by atoms with Gasteiger partial charge in [-0.3, -0.25) is 4.99 Å². The summed E-state index contributed by atoms with van der Waals surface area (Å²) in [5.41, 5.74) is 3.59. The summed E-state index contributed by atoms with van der Waals surface area (Å²) in [6.07, 6.45) is 4.53. The van der Waals surface area contributed by atoms with Crippen LogP contribution in [-0.4, -0.2) is 39.1 Å². The molecule has 1 heterocycles. The molecule has 1 saturated heterocycles. The van der Waals surface area contributed by atoms with E-state index in [-0.39, 0.29) is 4.90 Å². The van der Waals surface area contributed by atoms with E-state index in [1.807, 2.05) is 42.5 Å². The highest BCUT2D eigenvalue weighted by Crippen LogP contribution is 2.32. The quantitative estimate of drug-likeness (QED) is 0.496. The Morgan fingerprint density at radius 3 is 2.23 bits per heavy atom. The van der Waals surface area contributed by atoms with Crippen LogP contribution in [0.25, 0.3) is 11.1 Å². The third-order valence-corrected chi connectivity index (χ3v) is 7.40. The Bertz CT molecular complexity index is 1150. The van der Waals surface area contributed by atoms with Crippen LogP contribution in [-0.2, 0) is 10.0 Å². The number of nitrogens with zero attached hydrogens (tertiary/aromatic N) is 2. The first-order valence-electron chi connectivity index (χ1n) is 10.5.